The van der Waals surface area contributed by atoms with Gasteiger partial charge >= 0.3 is 0 Å². The topological polar surface area (TPSA) is 58.9 Å². The minimum atomic E-state index is 0.0611. The second-order valence-electron chi connectivity index (χ2n) is 3.77. The Bertz CT molecular complexity index is 146. The molecule has 0 spiro atoms. The quantitative estimate of drug-likeness (QED) is 0.492. The molecule has 4 nitrogen and oxygen atoms in total. The smallest absolute Gasteiger partial charge is 0.0704 e. The lowest BCUT2D eigenvalue weighted by Crippen LogP contribution is -2.20. The Balaban J connectivity index is 3.53. The molecule has 0 saturated carbocycles. The zero-order chi connectivity index (χ0) is 12.8. The zero-order valence-corrected chi connectivity index (χ0v) is 11.6. The second-order valence-corrected chi connectivity index (χ2v) is 4.92. The first-order valence-electron chi connectivity index (χ1n) is 6.34. The molecule has 5 heteroatoms. The average molecular weight is 266 g/mol. The molecule has 0 heterocycles. The van der Waals surface area contributed by atoms with E-state index in [0.717, 1.165) is 17.9 Å². The number of ether oxygens (including phenoxy) is 2. The fraction of sp³-hybridized carbons (Fsp3) is 1.00. The normalized spacial score (nSPS) is 12.9. The van der Waals surface area contributed by atoms with Crippen molar-refractivity contribution in [2.45, 2.75) is 32.3 Å². The van der Waals surface area contributed by atoms with Gasteiger partial charge in [-0.05, 0) is 6.42 Å². The lowest BCUT2D eigenvalue weighted by atomic mass is 10.2. The SMILES string of the molecule is CCCCC(CSCCO)OCCOCCO. The Labute approximate surface area is 109 Å². The third-order valence-corrected chi connectivity index (χ3v) is 3.31. The molecule has 1 atom stereocenters. The standard InChI is InChI=1S/C12H26O4S/c1-2-3-4-12(11-17-10-6-14)16-9-8-15-7-5-13/h12-14H,2-11H2,1H3. The summed E-state index contributed by atoms with van der Waals surface area (Å²) in [4.78, 5) is 0. The van der Waals surface area contributed by atoms with Gasteiger partial charge in [-0.15, -0.1) is 0 Å². The molecule has 2 N–H and O–H groups in total. The Hall–Kier alpha value is 0.190. The molecule has 17 heavy (non-hydrogen) atoms. The van der Waals surface area contributed by atoms with E-state index in [-0.39, 0.29) is 19.3 Å². The first kappa shape index (κ1) is 17.2. The number of unbranched alkanes of at least 4 members (excludes halogenated alkanes) is 1. The number of aliphatic hydroxyl groups excluding tert-OH is 2. The van der Waals surface area contributed by atoms with Crippen molar-refractivity contribution in [1.82, 2.24) is 0 Å². The van der Waals surface area contributed by atoms with E-state index in [1.54, 1.807) is 11.8 Å². The highest BCUT2D eigenvalue weighted by Crippen LogP contribution is 2.11. The maximum Gasteiger partial charge on any atom is 0.0704 e. The molecule has 0 bridgehead atoms. The van der Waals surface area contributed by atoms with Gasteiger partial charge in [0.1, 0.15) is 0 Å². The lowest BCUT2D eigenvalue weighted by Gasteiger charge is -2.17. The van der Waals surface area contributed by atoms with E-state index >= 15 is 0 Å². The van der Waals surface area contributed by atoms with Crippen LogP contribution in [0.3, 0.4) is 0 Å². The van der Waals surface area contributed by atoms with Crippen molar-refractivity contribution in [2.24, 2.45) is 0 Å². The predicted molar refractivity (Wildman–Crippen MR) is 71.6 cm³/mol. The van der Waals surface area contributed by atoms with E-state index in [9.17, 15) is 0 Å². The van der Waals surface area contributed by atoms with Gasteiger partial charge in [0.05, 0.1) is 39.1 Å². The van der Waals surface area contributed by atoms with Gasteiger partial charge < -0.3 is 19.7 Å². The third-order valence-electron chi connectivity index (χ3n) is 2.24. The van der Waals surface area contributed by atoms with Crippen LogP contribution < -0.4 is 0 Å². The summed E-state index contributed by atoms with van der Waals surface area (Å²) in [6.45, 7) is 3.95. The molecule has 0 fully saturated rings. The van der Waals surface area contributed by atoms with Crippen molar-refractivity contribution in [2.75, 3.05) is 44.5 Å². The van der Waals surface area contributed by atoms with E-state index < -0.39 is 0 Å². The van der Waals surface area contributed by atoms with Crippen molar-refractivity contribution in [1.29, 1.82) is 0 Å². The molecule has 1 unspecified atom stereocenters. The van der Waals surface area contributed by atoms with Gasteiger partial charge in [0.25, 0.3) is 0 Å². The van der Waals surface area contributed by atoms with Crippen molar-refractivity contribution in [3.63, 3.8) is 0 Å². The molecule has 0 rings (SSSR count). The highest BCUT2D eigenvalue weighted by molar-refractivity contribution is 7.99. The van der Waals surface area contributed by atoms with Crippen LogP contribution >= 0.6 is 11.8 Å². The number of aliphatic hydroxyl groups is 2. The van der Waals surface area contributed by atoms with Crippen LogP contribution in [0.5, 0.6) is 0 Å². The van der Waals surface area contributed by atoms with Crippen LogP contribution in [0.1, 0.15) is 26.2 Å². The van der Waals surface area contributed by atoms with Crippen LogP contribution in [0.2, 0.25) is 0 Å². The zero-order valence-electron chi connectivity index (χ0n) is 10.8. The molecular weight excluding hydrogens is 240 g/mol. The lowest BCUT2D eigenvalue weighted by molar-refractivity contribution is 0.00262. The maximum atomic E-state index is 8.72. The second kappa shape index (κ2) is 14.3. The van der Waals surface area contributed by atoms with Crippen LogP contribution in [0, 0.1) is 0 Å². The minimum absolute atomic E-state index is 0.0611. The van der Waals surface area contributed by atoms with Crippen molar-refractivity contribution < 1.29 is 19.7 Å². The predicted octanol–water partition coefficient (Wildman–Crippen LogP) is 1.30. The molecule has 0 aliphatic heterocycles. The monoisotopic (exact) mass is 266 g/mol. The van der Waals surface area contributed by atoms with Crippen molar-refractivity contribution >= 4 is 11.8 Å². The van der Waals surface area contributed by atoms with Gasteiger partial charge in [-0.25, -0.2) is 0 Å². The van der Waals surface area contributed by atoms with Gasteiger partial charge in [0, 0.05) is 11.5 Å². The fourth-order valence-electron chi connectivity index (χ4n) is 1.37. The van der Waals surface area contributed by atoms with E-state index in [1.807, 2.05) is 0 Å². The van der Waals surface area contributed by atoms with Crippen LogP contribution in [-0.4, -0.2) is 60.9 Å². The molecule has 0 aliphatic rings. The number of hydrogen-bond donors (Lipinski definition) is 2. The van der Waals surface area contributed by atoms with Crippen LogP contribution in [-0.2, 0) is 9.47 Å². The molecule has 0 radical (unpaired) electrons. The Kier molecular flexibility index (Phi) is 14.4. The highest BCUT2D eigenvalue weighted by atomic mass is 32.2. The molecule has 0 saturated heterocycles. The van der Waals surface area contributed by atoms with Gasteiger partial charge in [-0.2, -0.15) is 11.8 Å². The Morgan fingerprint density at radius 3 is 2.59 bits per heavy atom. The van der Waals surface area contributed by atoms with Crippen LogP contribution in [0.25, 0.3) is 0 Å². The highest BCUT2D eigenvalue weighted by Gasteiger charge is 2.08. The first-order valence-corrected chi connectivity index (χ1v) is 7.49. The fourth-order valence-corrected chi connectivity index (χ4v) is 2.19. The van der Waals surface area contributed by atoms with Crippen molar-refractivity contribution in [3.8, 4) is 0 Å². The Morgan fingerprint density at radius 1 is 1.12 bits per heavy atom. The Morgan fingerprint density at radius 2 is 1.94 bits per heavy atom. The summed E-state index contributed by atoms with van der Waals surface area (Å²) < 4.78 is 10.9. The summed E-state index contributed by atoms with van der Waals surface area (Å²) in [6.07, 6.45) is 3.66. The summed E-state index contributed by atoms with van der Waals surface area (Å²) in [5.74, 6) is 1.70. The van der Waals surface area contributed by atoms with Crippen molar-refractivity contribution in [3.05, 3.63) is 0 Å². The van der Waals surface area contributed by atoms with Gasteiger partial charge in [-0.1, -0.05) is 19.8 Å². The minimum Gasteiger partial charge on any atom is -0.396 e. The third kappa shape index (κ3) is 12.4. The summed E-state index contributed by atoms with van der Waals surface area (Å²) in [5.41, 5.74) is 0. The van der Waals surface area contributed by atoms with E-state index in [4.69, 9.17) is 19.7 Å². The molecule has 0 aromatic heterocycles. The van der Waals surface area contributed by atoms with E-state index in [2.05, 4.69) is 6.92 Å². The van der Waals surface area contributed by atoms with E-state index in [0.29, 0.717) is 19.8 Å². The first-order chi connectivity index (χ1) is 8.35. The largest absolute Gasteiger partial charge is 0.396 e. The number of thioether (sulfide) groups is 1. The average Bonchev–Trinajstić information content (AvgIpc) is 2.35. The molecule has 0 aromatic carbocycles. The number of rotatable bonds is 13. The van der Waals surface area contributed by atoms with Crippen LogP contribution in [0.4, 0.5) is 0 Å². The van der Waals surface area contributed by atoms with Gasteiger partial charge in [-0.3, -0.25) is 0 Å². The summed E-state index contributed by atoms with van der Waals surface area (Å²) in [6, 6.07) is 0. The maximum absolute atomic E-state index is 8.72. The summed E-state index contributed by atoms with van der Waals surface area (Å²) >= 11 is 1.72. The van der Waals surface area contributed by atoms with Gasteiger partial charge in [0.15, 0.2) is 0 Å². The molecule has 104 valence electrons. The van der Waals surface area contributed by atoms with Gasteiger partial charge in [0.2, 0.25) is 0 Å². The van der Waals surface area contributed by atoms with Crippen LogP contribution in [0.15, 0.2) is 0 Å². The molecular formula is C12H26O4S. The summed E-state index contributed by atoms with van der Waals surface area (Å²) in [7, 11) is 0. The molecule has 0 aromatic rings. The molecule has 0 amide bonds. The molecule has 0 aliphatic carbocycles. The number of hydrogen-bond acceptors (Lipinski definition) is 5. The summed E-state index contributed by atoms with van der Waals surface area (Å²) in [5, 5.41) is 17.3. The van der Waals surface area contributed by atoms with E-state index in [1.165, 1.54) is 12.8 Å².